The van der Waals surface area contributed by atoms with Crippen LogP contribution in [-0.2, 0) is 10.0 Å². The number of aliphatic hydroxyl groups excluding tert-OH is 1. The van der Waals surface area contributed by atoms with E-state index in [0.717, 1.165) is 17.8 Å². The van der Waals surface area contributed by atoms with Gasteiger partial charge in [0.25, 0.3) is 0 Å². The van der Waals surface area contributed by atoms with E-state index in [9.17, 15) is 13.5 Å². The van der Waals surface area contributed by atoms with E-state index in [1.165, 1.54) is 4.31 Å². The average molecular weight is 312 g/mol. The largest absolute Gasteiger partial charge is 0.393 e. The second-order valence-electron chi connectivity index (χ2n) is 5.65. The quantitative estimate of drug-likeness (QED) is 0.838. The van der Waals surface area contributed by atoms with Gasteiger partial charge in [-0.1, -0.05) is 12.1 Å². The first kappa shape index (κ1) is 16.3. The summed E-state index contributed by atoms with van der Waals surface area (Å²) >= 11 is 0. The number of nitrogens with one attached hydrogen (secondary N) is 1. The van der Waals surface area contributed by atoms with Crippen LogP contribution in [0.15, 0.2) is 24.3 Å². The predicted octanol–water partition coefficient (Wildman–Crippen LogP) is 1.65. The first-order valence-corrected chi connectivity index (χ1v) is 9.03. The Morgan fingerprint density at radius 3 is 2.76 bits per heavy atom. The Kier molecular flexibility index (Phi) is 5.24. The van der Waals surface area contributed by atoms with Crippen LogP contribution in [0.25, 0.3) is 0 Å². The van der Waals surface area contributed by atoms with Gasteiger partial charge in [0.1, 0.15) is 0 Å². The van der Waals surface area contributed by atoms with Crippen LogP contribution >= 0.6 is 0 Å². The zero-order chi connectivity index (χ0) is 15.5. The summed E-state index contributed by atoms with van der Waals surface area (Å²) in [5, 5.41) is 12.6. The molecule has 0 radical (unpaired) electrons. The third-order valence-electron chi connectivity index (χ3n) is 3.77. The second kappa shape index (κ2) is 6.77. The van der Waals surface area contributed by atoms with Crippen molar-refractivity contribution in [2.45, 2.75) is 38.8 Å². The molecule has 0 bridgehead atoms. The second-order valence-corrected chi connectivity index (χ2v) is 7.66. The zero-order valence-corrected chi connectivity index (χ0v) is 13.4. The summed E-state index contributed by atoms with van der Waals surface area (Å²) in [5.41, 5.74) is 1.80. The Morgan fingerprint density at radius 2 is 2.14 bits per heavy atom. The van der Waals surface area contributed by atoms with Crippen molar-refractivity contribution < 1.29 is 13.5 Å². The Labute approximate surface area is 127 Å². The van der Waals surface area contributed by atoms with Gasteiger partial charge in [-0.3, -0.25) is 4.31 Å². The lowest BCUT2D eigenvalue weighted by Crippen LogP contribution is -2.26. The van der Waals surface area contributed by atoms with Crippen molar-refractivity contribution >= 4 is 15.7 Å². The maximum absolute atomic E-state index is 12.0. The lowest BCUT2D eigenvalue weighted by molar-refractivity contribution is 0.182. The standard InChI is InChI=1S/C15H24N2O3S/c1-12(18)7-8-16-13(2)14-5-3-6-15(11-14)17-9-4-10-21(17,19)20/h3,5-6,11-13,16,18H,4,7-10H2,1-2H3. The van der Waals surface area contributed by atoms with Gasteiger partial charge >= 0.3 is 0 Å². The number of sulfonamides is 1. The lowest BCUT2D eigenvalue weighted by atomic mass is 10.1. The molecule has 2 N–H and O–H groups in total. The maximum Gasteiger partial charge on any atom is 0.235 e. The van der Waals surface area contributed by atoms with Crippen LogP contribution in [-0.4, -0.2) is 38.5 Å². The first-order chi connectivity index (χ1) is 9.90. The van der Waals surface area contributed by atoms with Gasteiger partial charge in [-0.25, -0.2) is 8.42 Å². The van der Waals surface area contributed by atoms with Crippen LogP contribution < -0.4 is 9.62 Å². The molecule has 1 aliphatic heterocycles. The molecule has 2 unspecified atom stereocenters. The van der Waals surface area contributed by atoms with Gasteiger partial charge in [-0.15, -0.1) is 0 Å². The van der Waals surface area contributed by atoms with Gasteiger partial charge < -0.3 is 10.4 Å². The summed E-state index contributed by atoms with van der Waals surface area (Å²) in [7, 11) is -3.13. The summed E-state index contributed by atoms with van der Waals surface area (Å²) in [4.78, 5) is 0. The van der Waals surface area contributed by atoms with E-state index < -0.39 is 10.0 Å². The average Bonchev–Trinajstić information content (AvgIpc) is 2.78. The molecule has 118 valence electrons. The lowest BCUT2D eigenvalue weighted by Gasteiger charge is -2.20. The molecule has 1 aliphatic rings. The molecule has 2 atom stereocenters. The molecule has 2 rings (SSSR count). The molecule has 0 saturated carbocycles. The Balaban J connectivity index is 2.07. The third kappa shape index (κ3) is 4.18. The fraction of sp³-hybridized carbons (Fsp3) is 0.600. The summed E-state index contributed by atoms with van der Waals surface area (Å²) < 4.78 is 25.4. The predicted molar refractivity (Wildman–Crippen MR) is 84.9 cm³/mol. The zero-order valence-electron chi connectivity index (χ0n) is 12.6. The smallest absolute Gasteiger partial charge is 0.235 e. The maximum atomic E-state index is 12.0. The number of hydrogen-bond donors (Lipinski definition) is 2. The van der Waals surface area contributed by atoms with Crippen LogP contribution in [0.5, 0.6) is 0 Å². The molecule has 0 aromatic heterocycles. The molecular weight excluding hydrogens is 288 g/mol. The van der Waals surface area contributed by atoms with Crippen LogP contribution in [0.1, 0.15) is 38.3 Å². The van der Waals surface area contributed by atoms with E-state index in [-0.39, 0.29) is 17.9 Å². The fourth-order valence-electron chi connectivity index (χ4n) is 2.51. The van der Waals surface area contributed by atoms with Gasteiger partial charge in [0, 0.05) is 12.6 Å². The molecule has 0 amide bonds. The minimum absolute atomic E-state index is 0.119. The number of hydrogen-bond acceptors (Lipinski definition) is 4. The van der Waals surface area contributed by atoms with Crippen molar-refractivity contribution in [3.8, 4) is 0 Å². The van der Waals surface area contributed by atoms with Crippen molar-refractivity contribution in [1.82, 2.24) is 5.32 Å². The fourth-order valence-corrected chi connectivity index (χ4v) is 4.06. The van der Waals surface area contributed by atoms with Gasteiger partial charge in [-0.05, 0) is 50.9 Å². The van der Waals surface area contributed by atoms with Gasteiger partial charge in [0.15, 0.2) is 0 Å². The summed E-state index contributed by atoms with van der Waals surface area (Å²) in [6.07, 6.45) is 1.07. The van der Waals surface area contributed by atoms with Crippen LogP contribution in [0.2, 0.25) is 0 Å². The van der Waals surface area contributed by atoms with Crippen LogP contribution in [0.3, 0.4) is 0 Å². The molecule has 21 heavy (non-hydrogen) atoms. The highest BCUT2D eigenvalue weighted by molar-refractivity contribution is 7.93. The minimum Gasteiger partial charge on any atom is -0.393 e. The molecule has 1 heterocycles. The molecule has 0 spiro atoms. The Bertz CT molecular complexity index is 572. The summed E-state index contributed by atoms with van der Waals surface area (Å²) in [5.74, 6) is 0.236. The van der Waals surface area contributed by atoms with E-state index >= 15 is 0 Å². The summed E-state index contributed by atoms with van der Waals surface area (Å²) in [6.45, 7) is 5.10. The normalized spacial score (nSPS) is 20.4. The molecule has 1 aromatic rings. The Hall–Kier alpha value is -1.11. The van der Waals surface area contributed by atoms with E-state index in [1.807, 2.05) is 31.2 Å². The van der Waals surface area contributed by atoms with Crippen molar-refractivity contribution in [2.24, 2.45) is 0 Å². The SMILES string of the molecule is CC(O)CCNC(C)c1cccc(N2CCCS2(=O)=O)c1. The van der Waals surface area contributed by atoms with E-state index in [1.54, 1.807) is 6.92 Å². The van der Waals surface area contributed by atoms with E-state index in [4.69, 9.17) is 0 Å². The topological polar surface area (TPSA) is 69.6 Å². The van der Waals surface area contributed by atoms with Crippen molar-refractivity contribution in [3.63, 3.8) is 0 Å². The summed E-state index contributed by atoms with van der Waals surface area (Å²) in [6, 6.07) is 7.78. The van der Waals surface area contributed by atoms with Gasteiger partial charge in [0.2, 0.25) is 10.0 Å². The molecule has 1 aromatic carbocycles. The van der Waals surface area contributed by atoms with Crippen LogP contribution in [0, 0.1) is 0 Å². The van der Waals surface area contributed by atoms with E-state index in [2.05, 4.69) is 5.32 Å². The monoisotopic (exact) mass is 312 g/mol. The third-order valence-corrected chi connectivity index (χ3v) is 5.64. The molecule has 6 heteroatoms. The number of aliphatic hydroxyl groups is 1. The minimum atomic E-state index is -3.13. The van der Waals surface area contributed by atoms with Crippen molar-refractivity contribution in [3.05, 3.63) is 29.8 Å². The van der Waals surface area contributed by atoms with Crippen molar-refractivity contribution in [1.29, 1.82) is 0 Å². The number of nitrogens with zero attached hydrogens (tertiary/aromatic N) is 1. The molecular formula is C15H24N2O3S. The van der Waals surface area contributed by atoms with Crippen LogP contribution in [0.4, 0.5) is 5.69 Å². The van der Waals surface area contributed by atoms with E-state index in [0.29, 0.717) is 19.4 Å². The highest BCUT2D eigenvalue weighted by atomic mass is 32.2. The van der Waals surface area contributed by atoms with Gasteiger partial charge in [0.05, 0.1) is 17.5 Å². The number of anilines is 1. The van der Waals surface area contributed by atoms with Gasteiger partial charge in [-0.2, -0.15) is 0 Å². The highest BCUT2D eigenvalue weighted by Crippen LogP contribution is 2.26. The molecule has 0 aliphatic carbocycles. The highest BCUT2D eigenvalue weighted by Gasteiger charge is 2.28. The Morgan fingerprint density at radius 1 is 1.38 bits per heavy atom. The first-order valence-electron chi connectivity index (χ1n) is 7.42. The molecule has 1 fully saturated rings. The van der Waals surface area contributed by atoms with Crippen molar-refractivity contribution in [2.75, 3.05) is 23.1 Å². The molecule has 1 saturated heterocycles. The molecule has 5 nitrogen and oxygen atoms in total. The number of rotatable bonds is 6. The number of benzene rings is 1.